The molecule has 4 nitrogen and oxygen atoms in total. The van der Waals surface area contributed by atoms with Crippen molar-refractivity contribution in [2.75, 3.05) is 6.54 Å². The largest absolute Gasteiger partial charge is 0.392 e. The van der Waals surface area contributed by atoms with Gasteiger partial charge in [0.15, 0.2) is 0 Å². The Bertz CT molecular complexity index is 638. The van der Waals surface area contributed by atoms with Crippen molar-refractivity contribution >= 4 is 0 Å². The van der Waals surface area contributed by atoms with Gasteiger partial charge in [-0.15, -0.1) is 0 Å². The quantitative estimate of drug-likeness (QED) is 0.912. The molecule has 1 aromatic carbocycles. The van der Waals surface area contributed by atoms with E-state index in [1.54, 1.807) is 0 Å². The summed E-state index contributed by atoms with van der Waals surface area (Å²) in [5.41, 5.74) is 4.98. The van der Waals surface area contributed by atoms with Crippen LogP contribution in [-0.2, 0) is 26.0 Å². The zero-order valence-corrected chi connectivity index (χ0v) is 13.6. The average Bonchev–Trinajstić information content (AvgIpc) is 3.21. The Morgan fingerprint density at radius 2 is 1.87 bits per heavy atom. The van der Waals surface area contributed by atoms with Crippen LogP contribution in [0.15, 0.2) is 24.3 Å². The van der Waals surface area contributed by atoms with Crippen LogP contribution >= 0.6 is 0 Å². The van der Waals surface area contributed by atoms with E-state index < -0.39 is 0 Å². The number of imidazole rings is 1. The summed E-state index contributed by atoms with van der Waals surface area (Å²) in [6.07, 6.45) is 7.31. The van der Waals surface area contributed by atoms with Crippen molar-refractivity contribution in [1.82, 2.24) is 14.9 Å². The second-order valence-corrected chi connectivity index (χ2v) is 6.86. The lowest BCUT2D eigenvalue weighted by atomic mass is 10.0. The van der Waals surface area contributed by atoms with Gasteiger partial charge in [0.1, 0.15) is 5.82 Å². The van der Waals surface area contributed by atoms with Crippen LogP contribution in [0.1, 0.15) is 60.1 Å². The molecule has 1 aromatic heterocycles. The third-order valence-corrected chi connectivity index (χ3v) is 5.24. The van der Waals surface area contributed by atoms with Gasteiger partial charge < -0.3 is 10.1 Å². The number of nitrogens with zero attached hydrogens (tertiary/aromatic N) is 2. The number of fused-ring (bicyclic) bond motifs is 1. The summed E-state index contributed by atoms with van der Waals surface area (Å²) in [5.74, 6) is 1.18. The Balaban J connectivity index is 1.50. The number of aliphatic hydroxyl groups excluding tert-OH is 1. The minimum Gasteiger partial charge on any atom is -0.392 e. The zero-order valence-electron chi connectivity index (χ0n) is 13.6. The molecular weight excluding hydrogens is 286 g/mol. The molecule has 0 saturated carbocycles. The van der Waals surface area contributed by atoms with Crippen molar-refractivity contribution in [2.45, 2.75) is 57.7 Å². The highest BCUT2D eigenvalue weighted by atomic mass is 16.3. The predicted octanol–water partition coefficient (Wildman–Crippen LogP) is 3.12. The van der Waals surface area contributed by atoms with Gasteiger partial charge in [0.05, 0.1) is 18.3 Å². The molecule has 0 amide bonds. The van der Waals surface area contributed by atoms with E-state index in [1.165, 1.54) is 48.5 Å². The number of aliphatic hydroxyl groups is 1. The summed E-state index contributed by atoms with van der Waals surface area (Å²) in [7, 11) is 0. The molecule has 2 aromatic rings. The Labute approximate surface area is 137 Å². The lowest BCUT2D eigenvalue weighted by molar-refractivity contribution is 0.240. The minimum absolute atomic E-state index is 0.116. The van der Waals surface area contributed by atoms with E-state index in [1.807, 2.05) is 12.1 Å². The molecule has 4 heteroatoms. The predicted molar refractivity (Wildman–Crippen MR) is 90.0 cm³/mol. The molecule has 122 valence electrons. The minimum atomic E-state index is 0.116. The number of aryl methyl sites for hydroxylation is 2. The van der Waals surface area contributed by atoms with Gasteiger partial charge in [0.25, 0.3) is 0 Å². The third kappa shape index (κ3) is 3.06. The van der Waals surface area contributed by atoms with Crippen LogP contribution in [0.3, 0.4) is 0 Å². The van der Waals surface area contributed by atoms with Gasteiger partial charge in [-0.2, -0.15) is 0 Å². The molecule has 0 spiro atoms. The smallest absolute Gasteiger partial charge is 0.124 e. The molecule has 2 N–H and O–H groups in total. The van der Waals surface area contributed by atoms with Crippen LogP contribution < -0.4 is 0 Å². The van der Waals surface area contributed by atoms with E-state index in [2.05, 4.69) is 22.0 Å². The van der Waals surface area contributed by atoms with Crippen molar-refractivity contribution in [3.8, 4) is 0 Å². The number of nitrogens with one attached hydrogen (secondary N) is 1. The maximum atomic E-state index is 9.16. The Morgan fingerprint density at radius 1 is 1.09 bits per heavy atom. The molecular formula is C19H25N3O. The second kappa shape index (κ2) is 6.46. The van der Waals surface area contributed by atoms with Gasteiger partial charge in [0.2, 0.25) is 0 Å². The molecule has 1 fully saturated rings. The SMILES string of the molecule is OCc1ccc(CN2CCC[C@@H]2c2nc3c([nH]2)CCCC3)cc1. The molecule has 1 aliphatic carbocycles. The number of hydrogen-bond donors (Lipinski definition) is 2. The molecule has 0 bridgehead atoms. The molecule has 4 rings (SSSR count). The zero-order chi connectivity index (χ0) is 15.6. The number of aromatic nitrogens is 2. The Hall–Kier alpha value is -1.65. The fourth-order valence-electron chi connectivity index (χ4n) is 3.94. The highest BCUT2D eigenvalue weighted by Crippen LogP contribution is 2.33. The highest BCUT2D eigenvalue weighted by molar-refractivity contribution is 5.23. The molecule has 0 unspecified atom stereocenters. The first-order chi connectivity index (χ1) is 11.3. The molecule has 1 atom stereocenters. The maximum absolute atomic E-state index is 9.16. The lowest BCUT2D eigenvalue weighted by Gasteiger charge is -2.23. The molecule has 1 aliphatic heterocycles. The van der Waals surface area contributed by atoms with Gasteiger partial charge in [-0.05, 0) is 56.2 Å². The van der Waals surface area contributed by atoms with Crippen molar-refractivity contribution in [1.29, 1.82) is 0 Å². The van der Waals surface area contributed by atoms with Crippen LogP contribution in [0.2, 0.25) is 0 Å². The first-order valence-corrected chi connectivity index (χ1v) is 8.84. The number of hydrogen-bond acceptors (Lipinski definition) is 3. The van der Waals surface area contributed by atoms with E-state index in [0.29, 0.717) is 6.04 Å². The molecule has 23 heavy (non-hydrogen) atoms. The maximum Gasteiger partial charge on any atom is 0.124 e. The van der Waals surface area contributed by atoms with E-state index in [0.717, 1.165) is 31.5 Å². The number of aromatic amines is 1. The molecule has 2 aliphatic rings. The summed E-state index contributed by atoms with van der Waals surface area (Å²) < 4.78 is 0. The first kappa shape index (κ1) is 14.9. The van der Waals surface area contributed by atoms with Crippen LogP contribution in [0.4, 0.5) is 0 Å². The fraction of sp³-hybridized carbons (Fsp3) is 0.526. The summed E-state index contributed by atoms with van der Waals surface area (Å²) in [6.45, 7) is 2.21. The number of rotatable bonds is 4. The van der Waals surface area contributed by atoms with Crippen molar-refractivity contribution in [3.05, 3.63) is 52.6 Å². The average molecular weight is 311 g/mol. The molecule has 0 radical (unpaired) electrons. The lowest BCUT2D eigenvalue weighted by Crippen LogP contribution is -2.23. The topological polar surface area (TPSA) is 52.1 Å². The van der Waals surface area contributed by atoms with Crippen molar-refractivity contribution in [3.63, 3.8) is 0 Å². The van der Waals surface area contributed by atoms with Gasteiger partial charge in [0, 0.05) is 12.2 Å². The Morgan fingerprint density at radius 3 is 2.65 bits per heavy atom. The van der Waals surface area contributed by atoms with E-state index in [4.69, 9.17) is 10.1 Å². The summed E-state index contributed by atoms with van der Waals surface area (Å²) in [5, 5.41) is 9.16. The van der Waals surface area contributed by atoms with Gasteiger partial charge in [-0.1, -0.05) is 24.3 Å². The van der Waals surface area contributed by atoms with E-state index in [-0.39, 0.29) is 6.61 Å². The normalized spacial score (nSPS) is 21.5. The number of likely N-dealkylation sites (tertiary alicyclic amines) is 1. The monoisotopic (exact) mass is 311 g/mol. The van der Waals surface area contributed by atoms with E-state index in [9.17, 15) is 0 Å². The van der Waals surface area contributed by atoms with Crippen LogP contribution in [-0.4, -0.2) is 26.5 Å². The highest BCUT2D eigenvalue weighted by Gasteiger charge is 2.29. The fourth-order valence-corrected chi connectivity index (χ4v) is 3.94. The second-order valence-electron chi connectivity index (χ2n) is 6.86. The summed E-state index contributed by atoms with van der Waals surface area (Å²) in [6, 6.07) is 8.73. The van der Waals surface area contributed by atoms with Gasteiger partial charge in [-0.25, -0.2) is 4.98 Å². The van der Waals surface area contributed by atoms with Crippen LogP contribution in [0.5, 0.6) is 0 Å². The number of H-pyrrole nitrogens is 1. The van der Waals surface area contributed by atoms with E-state index >= 15 is 0 Å². The van der Waals surface area contributed by atoms with Crippen molar-refractivity contribution < 1.29 is 5.11 Å². The molecule has 1 saturated heterocycles. The van der Waals surface area contributed by atoms with Gasteiger partial charge in [-0.3, -0.25) is 4.90 Å². The van der Waals surface area contributed by atoms with Crippen LogP contribution in [0.25, 0.3) is 0 Å². The summed E-state index contributed by atoms with van der Waals surface area (Å²) >= 11 is 0. The van der Waals surface area contributed by atoms with Crippen LogP contribution in [0, 0.1) is 0 Å². The standard InChI is InChI=1S/C19H25N3O/c23-13-15-9-7-14(8-10-15)12-22-11-3-6-18(22)19-20-16-4-1-2-5-17(16)21-19/h7-10,18,23H,1-6,11-13H2,(H,20,21)/t18-/m1/s1. The van der Waals surface area contributed by atoms with Crippen molar-refractivity contribution in [2.24, 2.45) is 0 Å². The third-order valence-electron chi connectivity index (χ3n) is 5.24. The Kier molecular flexibility index (Phi) is 4.19. The molecule has 2 heterocycles. The number of benzene rings is 1. The van der Waals surface area contributed by atoms with Gasteiger partial charge >= 0.3 is 0 Å². The first-order valence-electron chi connectivity index (χ1n) is 8.84. The summed E-state index contributed by atoms with van der Waals surface area (Å²) in [4.78, 5) is 11.1.